The maximum absolute atomic E-state index is 11.1. The molecule has 0 saturated carbocycles. The fourth-order valence-electron chi connectivity index (χ4n) is 1.68. The van der Waals surface area contributed by atoms with E-state index in [1.165, 1.54) is 0 Å². The van der Waals surface area contributed by atoms with Gasteiger partial charge in [-0.15, -0.1) is 0 Å². The quantitative estimate of drug-likeness (QED) is 0.673. The number of hydrogen-bond acceptors (Lipinski definition) is 5. The van der Waals surface area contributed by atoms with Gasteiger partial charge >= 0.3 is 5.97 Å². The van der Waals surface area contributed by atoms with Crippen LogP contribution in [0, 0.1) is 0 Å². The lowest BCUT2D eigenvalue weighted by Crippen LogP contribution is -2.43. The predicted octanol–water partition coefficient (Wildman–Crippen LogP) is 1.22. The first-order valence-corrected chi connectivity index (χ1v) is 6.27. The fourth-order valence-corrected chi connectivity index (χ4v) is 1.68. The minimum absolute atomic E-state index is 0.119. The van der Waals surface area contributed by atoms with E-state index in [2.05, 4.69) is 0 Å². The molecule has 0 rings (SSSR count). The van der Waals surface area contributed by atoms with Crippen LogP contribution in [0.2, 0.25) is 0 Å². The first-order valence-electron chi connectivity index (χ1n) is 6.27. The lowest BCUT2D eigenvalue weighted by atomic mass is 9.98. The monoisotopic (exact) mass is 261 g/mol. The Labute approximate surface area is 110 Å². The van der Waals surface area contributed by atoms with Crippen molar-refractivity contribution >= 4 is 5.97 Å². The molecular weight excluding hydrogens is 234 g/mol. The number of esters is 1. The van der Waals surface area contributed by atoms with Gasteiger partial charge in [0.05, 0.1) is 23.9 Å². The van der Waals surface area contributed by atoms with Crippen molar-refractivity contribution in [3.05, 3.63) is 0 Å². The summed E-state index contributed by atoms with van der Waals surface area (Å²) in [6.45, 7) is 10.7. The van der Waals surface area contributed by atoms with Crippen molar-refractivity contribution in [3.63, 3.8) is 0 Å². The van der Waals surface area contributed by atoms with Crippen LogP contribution in [0.4, 0.5) is 0 Å². The van der Waals surface area contributed by atoms with Gasteiger partial charge in [-0.3, -0.25) is 4.79 Å². The molecule has 5 nitrogen and oxygen atoms in total. The average molecular weight is 261 g/mol. The van der Waals surface area contributed by atoms with E-state index in [9.17, 15) is 9.90 Å². The standard InChI is InChI=1S/C13H27NO4/c1-9(17-11(15)8-14)7-12(3,4)18-10(2)13(5,6)16/h9-10,16H,7-8,14H2,1-6H3. The highest BCUT2D eigenvalue weighted by Gasteiger charge is 2.31. The fraction of sp³-hybridized carbons (Fsp3) is 0.923. The zero-order chi connectivity index (χ0) is 14.6. The lowest BCUT2D eigenvalue weighted by Gasteiger charge is -2.36. The Balaban J connectivity index is 4.34. The van der Waals surface area contributed by atoms with Crippen LogP contribution in [0.3, 0.4) is 0 Å². The Bertz CT molecular complexity index is 271. The van der Waals surface area contributed by atoms with Crippen LogP contribution in [0.5, 0.6) is 0 Å². The van der Waals surface area contributed by atoms with Crippen LogP contribution in [0.1, 0.15) is 48.0 Å². The Morgan fingerprint density at radius 2 is 1.78 bits per heavy atom. The smallest absolute Gasteiger partial charge is 0.319 e. The molecular formula is C13H27NO4. The van der Waals surface area contributed by atoms with Crippen molar-refractivity contribution in [3.8, 4) is 0 Å². The molecule has 0 aromatic rings. The number of carbonyl (C=O) groups excluding carboxylic acids is 1. The maximum atomic E-state index is 11.1. The van der Waals surface area contributed by atoms with Gasteiger partial charge in [0.25, 0.3) is 0 Å². The van der Waals surface area contributed by atoms with Gasteiger partial charge < -0.3 is 20.3 Å². The van der Waals surface area contributed by atoms with Crippen LogP contribution in [0.25, 0.3) is 0 Å². The van der Waals surface area contributed by atoms with E-state index in [4.69, 9.17) is 15.2 Å². The van der Waals surface area contributed by atoms with E-state index < -0.39 is 17.2 Å². The molecule has 0 fully saturated rings. The summed E-state index contributed by atoms with van der Waals surface area (Å²) >= 11 is 0. The van der Waals surface area contributed by atoms with Gasteiger partial charge in [-0.2, -0.15) is 0 Å². The first-order chi connectivity index (χ1) is 7.98. The van der Waals surface area contributed by atoms with E-state index in [1.54, 1.807) is 20.8 Å². The number of ether oxygens (including phenoxy) is 2. The van der Waals surface area contributed by atoms with Gasteiger partial charge in [0.1, 0.15) is 6.10 Å². The number of hydrogen-bond donors (Lipinski definition) is 2. The van der Waals surface area contributed by atoms with Crippen LogP contribution in [0.15, 0.2) is 0 Å². The molecule has 0 heterocycles. The van der Waals surface area contributed by atoms with Crippen molar-refractivity contribution < 1.29 is 19.4 Å². The highest BCUT2D eigenvalue weighted by atomic mass is 16.6. The predicted molar refractivity (Wildman–Crippen MR) is 70.1 cm³/mol. The average Bonchev–Trinajstić information content (AvgIpc) is 2.13. The largest absolute Gasteiger partial charge is 0.462 e. The van der Waals surface area contributed by atoms with Gasteiger partial charge in [-0.25, -0.2) is 0 Å². The molecule has 5 heteroatoms. The summed E-state index contributed by atoms with van der Waals surface area (Å²) in [6, 6.07) is 0. The van der Waals surface area contributed by atoms with Gasteiger partial charge in [0.15, 0.2) is 0 Å². The molecule has 0 aliphatic heterocycles. The van der Waals surface area contributed by atoms with E-state index in [-0.39, 0.29) is 18.8 Å². The molecule has 2 atom stereocenters. The van der Waals surface area contributed by atoms with E-state index >= 15 is 0 Å². The van der Waals surface area contributed by atoms with Crippen LogP contribution < -0.4 is 5.73 Å². The zero-order valence-electron chi connectivity index (χ0n) is 12.3. The molecule has 0 bridgehead atoms. The van der Waals surface area contributed by atoms with Crippen LogP contribution >= 0.6 is 0 Å². The lowest BCUT2D eigenvalue weighted by molar-refractivity contribution is -0.164. The Morgan fingerprint density at radius 1 is 1.28 bits per heavy atom. The molecule has 0 aliphatic rings. The van der Waals surface area contributed by atoms with E-state index in [0.717, 1.165) is 0 Å². The Morgan fingerprint density at radius 3 is 2.17 bits per heavy atom. The normalized spacial score (nSPS) is 16.2. The molecule has 0 radical (unpaired) electrons. The molecule has 0 aromatic heterocycles. The SMILES string of the molecule is CC(CC(C)(C)OC(C)C(C)(C)O)OC(=O)CN. The summed E-state index contributed by atoms with van der Waals surface area (Å²) in [5.41, 5.74) is 3.78. The molecule has 0 amide bonds. The third-order valence-corrected chi connectivity index (χ3v) is 2.77. The van der Waals surface area contributed by atoms with Gasteiger partial charge in [0.2, 0.25) is 0 Å². The Hall–Kier alpha value is -0.650. The van der Waals surface area contributed by atoms with Crippen molar-refractivity contribution in [2.75, 3.05) is 6.54 Å². The zero-order valence-corrected chi connectivity index (χ0v) is 12.3. The molecule has 18 heavy (non-hydrogen) atoms. The van der Waals surface area contributed by atoms with Crippen molar-refractivity contribution in [1.82, 2.24) is 0 Å². The second-order valence-corrected chi connectivity index (χ2v) is 5.88. The van der Waals surface area contributed by atoms with E-state index in [1.807, 2.05) is 20.8 Å². The first kappa shape index (κ1) is 17.4. The summed E-state index contributed by atoms with van der Waals surface area (Å²) in [5.74, 6) is -0.422. The molecule has 0 aromatic carbocycles. The third kappa shape index (κ3) is 6.93. The minimum atomic E-state index is -0.908. The number of aliphatic hydroxyl groups is 1. The van der Waals surface area contributed by atoms with E-state index in [0.29, 0.717) is 6.42 Å². The summed E-state index contributed by atoms with van der Waals surface area (Å²) in [6.07, 6.45) is -0.0472. The molecule has 2 unspecified atom stereocenters. The molecule has 0 aliphatic carbocycles. The van der Waals surface area contributed by atoms with Gasteiger partial charge in [-0.1, -0.05) is 0 Å². The summed E-state index contributed by atoms with van der Waals surface area (Å²) in [5, 5.41) is 9.84. The van der Waals surface area contributed by atoms with Crippen LogP contribution in [-0.4, -0.2) is 41.0 Å². The molecule has 3 N–H and O–H groups in total. The summed E-state index contributed by atoms with van der Waals surface area (Å²) < 4.78 is 10.9. The molecule has 108 valence electrons. The second kappa shape index (κ2) is 6.50. The minimum Gasteiger partial charge on any atom is -0.462 e. The number of carbonyl (C=O) groups is 1. The third-order valence-electron chi connectivity index (χ3n) is 2.77. The topological polar surface area (TPSA) is 81.8 Å². The summed E-state index contributed by atoms with van der Waals surface area (Å²) in [7, 11) is 0. The highest BCUT2D eigenvalue weighted by molar-refractivity contribution is 5.71. The molecule has 0 spiro atoms. The second-order valence-electron chi connectivity index (χ2n) is 5.88. The van der Waals surface area contributed by atoms with Crippen molar-refractivity contribution in [2.24, 2.45) is 5.73 Å². The van der Waals surface area contributed by atoms with Gasteiger partial charge in [-0.05, 0) is 41.5 Å². The van der Waals surface area contributed by atoms with Crippen molar-refractivity contribution in [1.29, 1.82) is 0 Å². The van der Waals surface area contributed by atoms with Crippen molar-refractivity contribution in [2.45, 2.75) is 71.4 Å². The summed E-state index contributed by atoms with van der Waals surface area (Å²) in [4.78, 5) is 11.1. The van der Waals surface area contributed by atoms with Gasteiger partial charge in [0, 0.05) is 6.42 Å². The Kier molecular flexibility index (Phi) is 6.26. The number of rotatable bonds is 7. The van der Waals surface area contributed by atoms with Crippen LogP contribution in [-0.2, 0) is 14.3 Å². The maximum Gasteiger partial charge on any atom is 0.319 e. The highest BCUT2D eigenvalue weighted by Crippen LogP contribution is 2.24. The number of nitrogens with two attached hydrogens (primary N) is 1. The molecule has 0 saturated heterocycles.